The summed E-state index contributed by atoms with van der Waals surface area (Å²) >= 11 is 1.40. The van der Waals surface area contributed by atoms with Crippen LogP contribution < -0.4 is 5.73 Å². The molecular weight excluding hydrogens is 332 g/mol. The average Bonchev–Trinajstić information content (AvgIpc) is 3.01. The molecule has 2 aliphatic heterocycles. The van der Waals surface area contributed by atoms with Gasteiger partial charge >= 0.3 is 0 Å². The molecular formula is C19H36N4OS. The van der Waals surface area contributed by atoms with Crippen molar-refractivity contribution in [3.05, 3.63) is 11.1 Å². The van der Waals surface area contributed by atoms with Gasteiger partial charge in [-0.2, -0.15) is 0 Å². The lowest BCUT2D eigenvalue weighted by atomic mass is 9.99. The Kier molecular flexibility index (Phi) is 10.0. The Balaban J connectivity index is 0.000000730. The molecule has 1 aromatic rings. The van der Waals surface area contributed by atoms with E-state index in [-0.39, 0.29) is 13.3 Å². The van der Waals surface area contributed by atoms with E-state index in [0.717, 1.165) is 31.6 Å². The second-order valence-electron chi connectivity index (χ2n) is 6.77. The minimum Gasteiger partial charge on any atom is -0.375 e. The number of nitrogens with two attached hydrogens (primary N) is 1. The number of carbonyl (C=O) groups is 1. The van der Waals surface area contributed by atoms with Crippen LogP contribution in [0, 0.1) is 0 Å². The fourth-order valence-corrected chi connectivity index (χ4v) is 4.00. The number of nitrogens with zero attached hydrogens (tertiary/aromatic N) is 3. The molecule has 1 aromatic heterocycles. The van der Waals surface area contributed by atoms with Crippen molar-refractivity contribution in [3.63, 3.8) is 0 Å². The van der Waals surface area contributed by atoms with Crippen molar-refractivity contribution in [1.82, 2.24) is 14.8 Å². The van der Waals surface area contributed by atoms with Crippen LogP contribution in [0.4, 0.5) is 5.13 Å². The van der Waals surface area contributed by atoms with Crippen LogP contribution in [0.1, 0.15) is 65.5 Å². The van der Waals surface area contributed by atoms with Gasteiger partial charge in [-0.3, -0.25) is 4.79 Å². The third-order valence-electron chi connectivity index (χ3n) is 4.63. The monoisotopic (exact) mass is 368 g/mol. The Hall–Kier alpha value is -1.14. The summed E-state index contributed by atoms with van der Waals surface area (Å²) in [6.45, 7) is 8.52. The maximum absolute atomic E-state index is 12.3. The maximum atomic E-state index is 12.3. The van der Waals surface area contributed by atoms with Crippen molar-refractivity contribution in [1.29, 1.82) is 0 Å². The summed E-state index contributed by atoms with van der Waals surface area (Å²) < 4.78 is 0. The van der Waals surface area contributed by atoms with Gasteiger partial charge in [0.15, 0.2) is 5.13 Å². The molecule has 3 rings (SSSR count). The van der Waals surface area contributed by atoms with E-state index in [1.54, 1.807) is 0 Å². The first-order valence-electron chi connectivity index (χ1n) is 9.35. The molecule has 0 saturated carbocycles. The molecule has 25 heavy (non-hydrogen) atoms. The summed E-state index contributed by atoms with van der Waals surface area (Å²) in [4.78, 5) is 21.1. The molecule has 3 heterocycles. The topological polar surface area (TPSA) is 62.5 Å². The molecule has 144 valence electrons. The van der Waals surface area contributed by atoms with E-state index in [1.807, 2.05) is 10.3 Å². The van der Waals surface area contributed by atoms with Crippen molar-refractivity contribution in [2.24, 2.45) is 0 Å². The SMILES string of the molecule is C.CCC.Nc1nc(CC(=O)N2CCC(N3CCCCC3)CC2)cs1. The summed E-state index contributed by atoms with van der Waals surface area (Å²) in [5.74, 6) is 0.192. The lowest BCUT2D eigenvalue weighted by molar-refractivity contribution is -0.132. The highest BCUT2D eigenvalue weighted by molar-refractivity contribution is 7.13. The Bertz CT molecular complexity index is 491. The zero-order chi connectivity index (χ0) is 17.4. The van der Waals surface area contributed by atoms with Crippen LogP contribution in [0.15, 0.2) is 5.38 Å². The van der Waals surface area contributed by atoms with Gasteiger partial charge in [0.05, 0.1) is 12.1 Å². The molecule has 0 radical (unpaired) electrons. The fraction of sp³-hybridized carbons (Fsp3) is 0.789. The highest BCUT2D eigenvalue weighted by Gasteiger charge is 2.27. The molecule has 2 aliphatic rings. The van der Waals surface area contributed by atoms with Crippen LogP contribution in [0.25, 0.3) is 0 Å². The lowest BCUT2D eigenvalue weighted by Gasteiger charge is -2.40. The second kappa shape index (κ2) is 11.5. The number of piperidine rings is 2. The third kappa shape index (κ3) is 6.94. The second-order valence-corrected chi connectivity index (χ2v) is 7.66. The largest absolute Gasteiger partial charge is 0.375 e. The molecule has 2 fully saturated rings. The summed E-state index contributed by atoms with van der Waals surface area (Å²) in [5.41, 5.74) is 6.42. The van der Waals surface area contributed by atoms with Crippen molar-refractivity contribution >= 4 is 22.4 Å². The molecule has 2 N–H and O–H groups in total. The zero-order valence-corrected chi connectivity index (χ0v) is 16.0. The lowest BCUT2D eigenvalue weighted by Crippen LogP contribution is -2.48. The number of amides is 1. The first-order chi connectivity index (χ1) is 11.6. The number of carbonyl (C=O) groups excluding carboxylic acids is 1. The van der Waals surface area contributed by atoms with Crippen LogP contribution in [-0.2, 0) is 11.2 Å². The molecule has 5 nitrogen and oxygen atoms in total. The molecule has 0 spiro atoms. The Morgan fingerprint density at radius 3 is 2.32 bits per heavy atom. The molecule has 0 aromatic carbocycles. The van der Waals surface area contributed by atoms with Gasteiger partial charge in [0, 0.05) is 24.5 Å². The Morgan fingerprint density at radius 1 is 1.20 bits per heavy atom. The molecule has 2 saturated heterocycles. The minimum atomic E-state index is 0. The predicted octanol–water partition coefficient (Wildman–Crippen LogP) is 3.80. The number of hydrogen-bond donors (Lipinski definition) is 1. The summed E-state index contributed by atoms with van der Waals surface area (Å²) in [6, 6.07) is 0.685. The highest BCUT2D eigenvalue weighted by atomic mass is 32.1. The van der Waals surface area contributed by atoms with E-state index < -0.39 is 0 Å². The first kappa shape index (κ1) is 21.9. The molecule has 0 atom stereocenters. The van der Waals surface area contributed by atoms with E-state index in [2.05, 4.69) is 23.7 Å². The van der Waals surface area contributed by atoms with E-state index in [0.29, 0.717) is 17.6 Å². The molecule has 1 amide bonds. The molecule has 0 aliphatic carbocycles. The molecule has 0 bridgehead atoms. The highest BCUT2D eigenvalue weighted by Crippen LogP contribution is 2.21. The van der Waals surface area contributed by atoms with E-state index >= 15 is 0 Å². The van der Waals surface area contributed by atoms with E-state index in [1.165, 1.54) is 50.1 Å². The average molecular weight is 369 g/mol. The smallest absolute Gasteiger partial charge is 0.228 e. The van der Waals surface area contributed by atoms with Gasteiger partial charge in [-0.25, -0.2) is 4.98 Å². The summed E-state index contributed by atoms with van der Waals surface area (Å²) in [7, 11) is 0. The molecule has 0 unspecified atom stereocenters. The zero-order valence-electron chi connectivity index (χ0n) is 15.2. The Labute approximate surface area is 157 Å². The number of likely N-dealkylation sites (tertiary alicyclic amines) is 2. The van der Waals surface area contributed by atoms with Crippen LogP contribution in [0.2, 0.25) is 0 Å². The van der Waals surface area contributed by atoms with Gasteiger partial charge in [0.25, 0.3) is 0 Å². The van der Waals surface area contributed by atoms with Crippen LogP contribution in [0.5, 0.6) is 0 Å². The number of anilines is 1. The normalized spacial score (nSPS) is 18.9. The maximum Gasteiger partial charge on any atom is 0.228 e. The fourth-order valence-electron chi connectivity index (χ4n) is 3.43. The van der Waals surface area contributed by atoms with Crippen molar-refractivity contribution in [2.75, 3.05) is 31.9 Å². The van der Waals surface area contributed by atoms with Gasteiger partial charge < -0.3 is 15.5 Å². The van der Waals surface area contributed by atoms with E-state index in [4.69, 9.17) is 5.73 Å². The van der Waals surface area contributed by atoms with Gasteiger partial charge in [-0.15, -0.1) is 11.3 Å². The van der Waals surface area contributed by atoms with Crippen molar-refractivity contribution < 1.29 is 4.79 Å². The summed E-state index contributed by atoms with van der Waals surface area (Å²) in [5, 5.41) is 2.43. The third-order valence-corrected chi connectivity index (χ3v) is 5.35. The summed E-state index contributed by atoms with van der Waals surface area (Å²) in [6.07, 6.45) is 7.93. The number of nitrogen functional groups attached to an aromatic ring is 1. The minimum absolute atomic E-state index is 0. The van der Waals surface area contributed by atoms with E-state index in [9.17, 15) is 4.79 Å². The van der Waals surface area contributed by atoms with Crippen LogP contribution in [-0.4, -0.2) is 52.9 Å². The Morgan fingerprint density at radius 2 is 1.80 bits per heavy atom. The number of rotatable bonds is 3. The first-order valence-corrected chi connectivity index (χ1v) is 10.2. The number of thiazole rings is 1. The number of hydrogen-bond acceptors (Lipinski definition) is 5. The standard InChI is InChI=1S/C15H24N4OS.C3H8.CH4/c16-15-17-12(11-21-15)10-14(20)19-8-4-13(5-9-19)18-6-2-1-3-7-18;1-3-2;/h11,13H,1-10H2,(H2,16,17);3H2,1-2H3;1H4. The van der Waals surface area contributed by atoms with Crippen LogP contribution >= 0.6 is 11.3 Å². The van der Waals surface area contributed by atoms with Crippen LogP contribution in [0.3, 0.4) is 0 Å². The quantitative estimate of drug-likeness (QED) is 0.881. The van der Waals surface area contributed by atoms with Gasteiger partial charge in [0.2, 0.25) is 5.91 Å². The molecule has 6 heteroatoms. The van der Waals surface area contributed by atoms with Crippen molar-refractivity contribution in [2.45, 2.75) is 72.3 Å². The van der Waals surface area contributed by atoms with Crippen molar-refractivity contribution in [3.8, 4) is 0 Å². The van der Waals surface area contributed by atoms with Gasteiger partial charge in [-0.1, -0.05) is 34.1 Å². The van der Waals surface area contributed by atoms with Gasteiger partial charge in [0.1, 0.15) is 0 Å². The number of aromatic nitrogens is 1. The van der Waals surface area contributed by atoms with Gasteiger partial charge in [-0.05, 0) is 38.8 Å². The predicted molar refractivity (Wildman–Crippen MR) is 108 cm³/mol.